The lowest BCUT2D eigenvalue weighted by Gasteiger charge is -2.03. The van der Waals surface area contributed by atoms with Gasteiger partial charge in [0.15, 0.2) is 5.71 Å². The van der Waals surface area contributed by atoms with E-state index < -0.39 is 0 Å². The molecule has 0 atom stereocenters. The molecule has 0 bridgehead atoms. The Kier molecular flexibility index (Phi) is 3.12. The molecule has 0 amide bonds. The molecule has 1 aromatic heterocycles. The standard InChI is InChI=1S/C19H9N5/c1-21-24-18-15-5-3-2-4-14(15)17-19(18)23-16(11-22-17)13-8-6-12(10-20)7-9-13/h2-9,11H/b24-18-. The van der Waals surface area contributed by atoms with Gasteiger partial charge in [0.2, 0.25) is 0 Å². The maximum absolute atomic E-state index is 8.90. The Hall–Kier alpha value is -3.83. The predicted octanol–water partition coefficient (Wildman–Crippen LogP) is 3.67. The lowest BCUT2D eigenvalue weighted by atomic mass is 10.1. The Morgan fingerprint density at radius 1 is 1.00 bits per heavy atom. The molecule has 24 heavy (non-hydrogen) atoms. The summed E-state index contributed by atoms with van der Waals surface area (Å²) in [6, 6.07) is 17.0. The molecule has 3 aromatic rings. The van der Waals surface area contributed by atoms with Crippen molar-refractivity contribution in [2.24, 2.45) is 5.10 Å². The Morgan fingerprint density at radius 3 is 2.46 bits per heavy atom. The zero-order valence-corrected chi connectivity index (χ0v) is 12.4. The summed E-state index contributed by atoms with van der Waals surface area (Å²) in [5, 5.41) is 12.8. The Morgan fingerprint density at radius 2 is 1.75 bits per heavy atom. The maximum Gasteiger partial charge on any atom is 0.181 e. The summed E-state index contributed by atoms with van der Waals surface area (Å²) in [5.74, 6) is 0. The largest absolute Gasteiger partial charge is 0.252 e. The molecule has 0 spiro atoms. The average Bonchev–Trinajstić information content (AvgIpc) is 2.96. The van der Waals surface area contributed by atoms with Crippen molar-refractivity contribution in [3.63, 3.8) is 0 Å². The Balaban J connectivity index is 1.89. The zero-order valence-electron chi connectivity index (χ0n) is 12.4. The van der Waals surface area contributed by atoms with Crippen molar-refractivity contribution in [3.05, 3.63) is 83.1 Å². The molecular weight excluding hydrogens is 298 g/mol. The summed E-state index contributed by atoms with van der Waals surface area (Å²) in [6.45, 7) is 7.07. The van der Waals surface area contributed by atoms with Crippen LogP contribution in [0.5, 0.6) is 0 Å². The fourth-order valence-corrected chi connectivity index (χ4v) is 2.78. The lowest BCUT2D eigenvalue weighted by molar-refractivity contribution is 1.20. The van der Waals surface area contributed by atoms with Gasteiger partial charge in [-0.05, 0) is 12.1 Å². The van der Waals surface area contributed by atoms with Gasteiger partial charge in [0.05, 0.1) is 34.3 Å². The van der Waals surface area contributed by atoms with Crippen molar-refractivity contribution < 1.29 is 0 Å². The van der Waals surface area contributed by atoms with Crippen molar-refractivity contribution in [3.8, 4) is 28.6 Å². The number of nitrogens with zero attached hydrogens (tertiary/aromatic N) is 5. The van der Waals surface area contributed by atoms with Crippen LogP contribution in [0.1, 0.15) is 16.8 Å². The molecule has 0 radical (unpaired) electrons. The molecular formula is C19H9N5. The molecule has 0 N–H and O–H groups in total. The number of fused-ring (bicyclic) bond motifs is 3. The first-order valence-corrected chi connectivity index (χ1v) is 7.24. The number of nitriles is 1. The molecule has 0 unspecified atom stereocenters. The Labute approximate surface area is 138 Å². The normalized spacial score (nSPS) is 13.0. The van der Waals surface area contributed by atoms with Gasteiger partial charge in [0, 0.05) is 16.7 Å². The molecule has 0 saturated heterocycles. The molecule has 0 fully saturated rings. The topological polar surface area (TPSA) is 66.3 Å². The van der Waals surface area contributed by atoms with Gasteiger partial charge in [-0.3, -0.25) is 4.98 Å². The van der Waals surface area contributed by atoms with Gasteiger partial charge < -0.3 is 0 Å². The van der Waals surface area contributed by atoms with Gasteiger partial charge in [-0.1, -0.05) is 36.4 Å². The predicted molar refractivity (Wildman–Crippen MR) is 89.9 cm³/mol. The minimum absolute atomic E-state index is 0.554. The molecule has 2 aromatic carbocycles. The second kappa shape index (κ2) is 5.42. The van der Waals surface area contributed by atoms with E-state index in [2.05, 4.69) is 26.1 Å². The van der Waals surface area contributed by atoms with E-state index in [9.17, 15) is 0 Å². The third kappa shape index (κ3) is 2.05. The first-order valence-electron chi connectivity index (χ1n) is 7.24. The van der Waals surface area contributed by atoms with Crippen LogP contribution in [-0.4, -0.2) is 15.7 Å². The van der Waals surface area contributed by atoms with E-state index in [0.29, 0.717) is 22.7 Å². The molecule has 1 heterocycles. The van der Waals surface area contributed by atoms with Crippen molar-refractivity contribution in [1.82, 2.24) is 9.97 Å². The van der Waals surface area contributed by atoms with Crippen molar-refractivity contribution in [1.29, 1.82) is 5.26 Å². The summed E-state index contributed by atoms with van der Waals surface area (Å²) < 4.78 is 0. The van der Waals surface area contributed by atoms with Gasteiger partial charge in [0.1, 0.15) is 5.69 Å². The second-order valence-electron chi connectivity index (χ2n) is 5.24. The molecule has 0 aliphatic heterocycles. The van der Waals surface area contributed by atoms with Crippen LogP contribution in [0.3, 0.4) is 0 Å². The second-order valence-corrected chi connectivity index (χ2v) is 5.24. The molecule has 1 aliphatic carbocycles. The third-order valence-electron chi connectivity index (χ3n) is 3.89. The van der Waals surface area contributed by atoms with E-state index in [1.165, 1.54) is 0 Å². The summed E-state index contributed by atoms with van der Waals surface area (Å²) in [6.07, 6.45) is 1.71. The van der Waals surface area contributed by atoms with Crippen LogP contribution < -0.4 is 0 Å². The van der Waals surface area contributed by atoms with E-state index >= 15 is 0 Å². The fraction of sp³-hybridized carbons (Fsp3) is 0. The van der Waals surface area contributed by atoms with Crippen LogP contribution in [0.15, 0.2) is 59.8 Å². The first kappa shape index (κ1) is 13.8. The van der Waals surface area contributed by atoms with Crippen molar-refractivity contribution in [2.75, 3.05) is 0 Å². The van der Waals surface area contributed by atoms with Crippen molar-refractivity contribution in [2.45, 2.75) is 0 Å². The number of hydrogen-bond acceptors (Lipinski definition) is 4. The number of hydrogen-bond donors (Lipinski definition) is 0. The quantitative estimate of drug-likeness (QED) is 0.398. The van der Waals surface area contributed by atoms with Crippen LogP contribution in [0.25, 0.3) is 27.5 Å². The summed E-state index contributed by atoms with van der Waals surface area (Å²) in [7, 11) is 0. The van der Waals surface area contributed by atoms with Crippen molar-refractivity contribution >= 4 is 5.71 Å². The van der Waals surface area contributed by atoms with E-state index in [0.717, 1.165) is 22.4 Å². The highest BCUT2D eigenvalue weighted by molar-refractivity contribution is 6.23. The SMILES string of the molecule is [C-]#[N+]/N=C1/c2ccccc2-c2ncc(-c3ccc(C#N)cc3)nc21. The highest BCUT2D eigenvalue weighted by atomic mass is 15.2. The third-order valence-corrected chi connectivity index (χ3v) is 3.89. The van der Waals surface area contributed by atoms with E-state index in [4.69, 9.17) is 11.8 Å². The molecule has 5 heteroatoms. The number of rotatable bonds is 1. The molecule has 5 nitrogen and oxygen atoms in total. The highest BCUT2D eigenvalue weighted by Crippen LogP contribution is 2.35. The molecule has 4 rings (SSSR count). The monoisotopic (exact) mass is 307 g/mol. The minimum Gasteiger partial charge on any atom is -0.252 e. The van der Waals surface area contributed by atoms with Crippen LogP contribution in [-0.2, 0) is 0 Å². The lowest BCUT2D eigenvalue weighted by Crippen LogP contribution is -2.02. The van der Waals surface area contributed by atoms with Crippen LogP contribution >= 0.6 is 0 Å². The highest BCUT2D eigenvalue weighted by Gasteiger charge is 2.30. The van der Waals surface area contributed by atoms with Crippen LogP contribution in [0, 0.1) is 17.9 Å². The van der Waals surface area contributed by atoms with Gasteiger partial charge in [-0.25, -0.2) is 4.98 Å². The molecule has 0 saturated carbocycles. The van der Waals surface area contributed by atoms with Crippen LogP contribution in [0.4, 0.5) is 0 Å². The fourth-order valence-electron chi connectivity index (χ4n) is 2.78. The Bertz CT molecular complexity index is 1070. The van der Waals surface area contributed by atoms with Gasteiger partial charge >= 0.3 is 0 Å². The summed E-state index contributed by atoms with van der Waals surface area (Å²) >= 11 is 0. The van der Waals surface area contributed by atoms with Gasteiger partial charge in [-0.2, -0.15) is 11.8 Å². The number of aromatic nitrogens is 2. The molecule has 1 aliphatic rings. The van der Waals surface area contributed by atoms with E-state index in [-0.39, 0.29) is 0 Å². The summed E-state index contributed by atoms with van der Waals surface area (Å²) in [5.41, 5.74) is 5.87. The van der Waals surface area contributed by atoms with Gasteiger partial charge in [0.25, 0.3) is 0 Å². The summed E-state index contributed by atoms with van der Waals surface area (Å²) in [4.78, 5) is 12.4. The smallest absolute Gasteiger partial charge is 0.181 e. The van der Waals surface area contributed by atoms with E-state index in [1.54, 1.807) is 18.3 Å². The van der Waals surface area contributed by atoms with E-state index in [1.807, 2.05) is 36.4 Å². The molecule has 110 valence electrons. The minimum atomic E-state index is 0.554. The maximum atomic E-state index is 8.90. The average molecular weight is 307 g/mol. The van der Waals surface area contributed by atoms with Crippen LogP contribution in [0.2, 0.25) is 0 Å². The zero-order chi connectivity index (χ0) is 16.5. The first-order chi connectivity index (χ1) is 11.8. The van der Waals surface area contributed by atoms with Gasteiger partial charge in [-0.15, -0.1) is 4.95 Å². The number of benzene rings is 2.